The highest BCUT2D eigenvalue weighted by atomic mass is 32.2. The van der Waals surface area contributed by atoms with Gasteiger partial charge in [-0.3, -0.25) is 9.35 Å². The Bertz CT molecular complexity index is 617. The van der Waals surface area contributed by atoms with Crippen LogP contribution in [0.1, 0.15) is 34.3 Å². The number of hydrogen-bond donors (Lipinski definition) is 2. The maximum absolute atomic E-state index is 11.9. The van der Waals surface area contributed by atoms with Crippen LogP contribution < -0.4 is 0 Å². The predicted octanol–water partition coefficient (Wildman–Crippen LogP) is 1.93. The summed E-state index contributed by atoms with van der Waals surface area (Å²) in [5.41, 5.74) is 1.31. The lowest BCUT2D eigenvalue weighted by atomic mass is 9.94. The largest absolute Gasteiger partial charge is 0.396 e. The van der Waals surface area contributed by atoms with Crippen LogP contribution in [0.25, 0.3) is 0 Å². The highest BCUT2D eigenvalue weighted by Crippen LogP contribution is 2.25. The lowest BCUT2D eigenvalue weighted by Crippen LogP contribution is -2.12. The van der Waals surface area contributed by atoms with E-state index in [9.17, 15) is 17.8 Å². The minimum atomic E-state index is -4.48. The van der Waals surface area contributed by atoms with E-state index >= 15 is 0 Å². The van der Waals surface area contributed by atoms with Gasteiger partial charge in [0.1, 0.15) is 4.90 Å². The SMILES string of the molecule is C=CC(=O)c1c(S(=O)(=O)O)ccc(C)c1CCCCO. The summed E-state index contributed by atoms with van der Waals surface area (Å²) in [4.78, 5) is 11.5. The van der Waals surface area contributed by atoms with Crippen LogP contribution in [-0.2, 0) is 16.5 Å². The molecule has 0 aliphatic carbocycles. The van der Waals surface area contributed by atoms with Gasteiger partial charge in [0, 0.05) is 12.2 Å². The number of carbonyl (C=O) groups is 1. The molecule has 0 unspecified atom stereocenters. The first-order chi connectivity index (χ1) is 9.32. The molecule has 1 aromatic carbocycles. The summed E-state index contributed by atoms with van der Waals surface area (Å²) in [7, 11) is -4.48. The fraction of sp³-hybridized carbons (Fsp3) is 0.357. The van der Waals surface area contributed by atoms with Crippen molar-refractivity contribution >= 4 is 15.9 Å². The number of carbonyl (C=O) groups excluding carboxylic acids is 1. The van der Waals surface area contributed by atoms with E-state index < -0.39 is 20.8 Å². The molecule has 6 heteroatoms. The van der Waals surface area contributed by atoms with Crippen molar-refractivity contribution in [3.05, 3.63) is 41.5 Å². The summed E-state index contributed by atoms with van der Waals surface area (Å²) < 4.78 is 32.0. The first kappa shape index (κ1) is 16.6. The molecule has 0 fully saturated rings. The summed E-state index contributed by atoms with van der Waals surface area (Å²) in [5.74, 6) is -0.541. The van der Waals surface area contributed by atoms with E-state index in [2.05, 4.69) is 6.58 Å². The Labute approximate surface area is 118 Å². The molecule has 0 aromatic heterocycles. The minimum Gasteiger partial charge on any atom is -0.396 e. The zero-order valence-electron chi connectivity index (χ0n) is 11.3. The molecule has 0 bridgehead atoms. The number of ketones is 1. The van der Waals surface area contributed by atoms with Crippen LogP contribution in [0, 0.1) is 6.92 Å². The summed E-state index contributed by atoms with van der Waals surface area (Å²) in [6, 6.07) is 2.77. The van der Waals surface area contributed by atoms with Crippen LogP contribution >= 0.6 is 0 Å². The summed E-state index contributed by atoms with van der Waals surface area (Å²) in [6.07, 6.45) is 2.64. The van der Waals surface area contributed by atoms with Crippen LogP contribution in [0.15, 0.2) is 29.7 Å². The van der Waals surface area contributed by atoms with E-state index in [1.165, 1.54) is 6.07 Å². The number of rotatable bonds is 7. The van der Waals surface area contributed by atoms with Crippen LogP contribution in [-0.4, -0.2) is 30.5 Å². The van der Waals surface area contributed by atoms with Crippen molar-refractivity contribution < 1.29 is 22.9 Å². The minimum absolute atomic E-state index is 0.0274. The lowest BCUT2D eigenvalue weighted by molar-refractivity contribution is 0.104. The Balaban J connectivity index is 3.46. The van der Waals surface area contributed by atoms with Gasteiger partial charge in [-0.1, -0.05) is 12.6 Å². The number of aryl methyl sites for hydroxylation is 1. The highest BCUT2D eigenvalue weighted by Gasteiger charge is 2.23. The summed E-state index contributed by atoms with van der Waals surface area (Å²) in [6.45, 7) is 5.16. The summed E-state index contributed by atoms with van der Waals surface area (Å²) in [5, 5.41) is 8.80. The van der Waals surface area contributed by atoms with Gasteiger partial charge < -0.3 is 5.11 Å². The molecule has 2 N–H and O–H groups in total. The molecule has 0 saturated heterocycles. The third-order valence-corrected chi connectivity index (χ3v) is 3.95. The third kappa shape index (κ3) is 3.75. The van der Waals surface area contributed by atoms with Gasteiger partial charge >= 0.3 is 0 Å². The Kier molecular flexibility index (Phi) is 5.62. The average molecular weight is 298 g/mol. The number of unbranched alkanes of at least 4 members (excludes halogenated alkanes) is 1. The molecule has 20 heavy (non-hydrogen) atoms. The number of allylic oxidation sites excluding steroid dienone is 1. The molecule has 0 saturated carbocycles. The Morgan fingerprint density at radius 1 is 1.35 bits per heavy atom. The number of aliphatic hydroxyl groups is 1. The smallest absolute Gasteiger partial charge is 0.295 e. The van der Waals surface area contributed by atoms with Crippen LogP contribution in [0.5, 0.6) is 0 Å². The number of aliphatic hydroxyl groups excluding tert-OH is 1. The molecule has 0 aliphatic heterocycles. The zero-order chi connectivity index (χ0) is 15.3. The molecule has 0 amide bonds. The maximum Gasteiger partial charge on any atom is 0.295 e. The molecule has 0 radical (unpaired) electrons. The second kappa shape index (κ2) is 6.78. The molecule has 0 aliphatic rings. The predicted molar refractivity (Wildman–Crippen MR) is 75.5 cm³/mol. The molecule has 1 aromatic rings. The Morgan fingerprint density at radius 3 is 2.50 bits per heavy atom. The topological polar surface area (TPSA) is 91.7 Å². The van der Waals surface area contributed by atoms with E-state index in [4.69, 9.17) is 5.11 Å². The molecular formula is C14H18O5S. The van der Waals surface area contributed by atoms with Gasteiger partial charge in [0.25, 0.3) is 10.1 Å². The molecule has 1 rings (SSSR count). The van der Waals surface area contributed by atoms with Crippen molar-refractivity contribution in [2.75, 3.05) is 6.61 Å². The normalized spacial score (nSPS) is 11.3. The van der Waals surface area contributed by atoms with Gasteiger partial charge in [0.15, 0.2) is 5.78 Å². The fourth-order valence-corrected chi connectivity index (χ4v) is 2.78. The van der Waals surface area contributed by atoms with E-state index in [1.54, 1.807) is 13.0 Å². The monoisotopic (exact) mass is 298 g/mol. The van der Waals surface area contributed by atoms with Crippen molar-refractivity contribution in [1.82, 2.24) is 0 Å². The number of benzene rings is 1. The van der Waals surface area contributed by atoms with Crippen LogP contribution in [0.4, 0.5) is 0 Å². The van der Waals surface area contributed by atoms with Crippen LogP contribution in [0.2, 0.25) is 0 Å². The molecule has 0 spiro atoms. The van der Waals surface area contributed by atoms with Gasteiger partial charge in [0.05, 0.1) is 0 Å². The fourth-order valence-electron chi connectivity index (χ4n) is 2.05. The standard InChI is InChI=1S/C14H18O5S/c1-3-12(16)14-11(6-4-5-9-15)10(2)7-8-13(14)20(17,18)19/h3,7-8,15H,1,4-6,9H2,2H3,(H,17,18,19). The van der Waals surface area contributed by atoms with Gasteiger partial charge in [-0.25, -0.2) is 0 Å². The maximum atomic E-state index is 11.9. The van der Waals surface area contributed by atoms with Crippen molar-refractivity contribution in [2.45, 2.75) is 31.1 Å². The van der Waals surface area contributed by atoms with E-state index in [0.29, 0.717) is 24.8 Å². The van der Waals surface area contributed by atoms with E-state index in [0.717, 1.165) is 11.6 Å². The van der Waals surface area contributed by atoms with Crippen molar-refractivity contribution in [3.8, 4) is 0 Å². The van der Waals surface area contributed by atoms with E-state index in [1.807, 2.05) is 0 Å². The molecule has 0 heterocycles. The molecular weight excluding hydrogens is 280 g/mol. The van der Waals surface area contributed by atoms with Crippen molar-refractivity contribution in [3.63, 3.8) is 0 Å². The molecule has 0 atom stereocenters. The zero-order valence-corrected chi connectivity index (χ0v) is 12.1. The third-order valence-electron chi connectivity index (χ3n) is 3.05. The highest BCUT2D eigenvalue weighted by molar-refractivity contribution is 7.86. The van der Waals surface area contributed by atoms with Crippen molar-refractivity contribution in [2.24, 2.45) is 0 Å². The van der Waals surface area contributed by atoms with Gasteiger partial charge in [-0.15, -0.1) is 0 Å². The molecule has 5 nitrogen and oxygen atoms in total. The second-order valence-corrected chi connectivity index (χ2v) is 5.85. The second-order valence-electron chi connectivity index (χ2n) is 4.46. The van der Waals surface area contributed by atoms with Crippen molar-refractivity contribution in [1.29, 1.82) is 0 Å². The Morgan fingerprint density at radius 2 is 2.00 bits per heavy atom. The quantitative estimate of drug-likeness (QED) is 0.347. The Hall–Kier alpha value is -1.50. The van der Waals surface area contributed by atoms with E-state index in [-0.39, 0.29) is 12.2 Å². The average Bonchev–Trinajstić information content (AvgIpc) is 2.38. The first-order valence-corrected chi connectivity index (χ1v) is 7.64. The first-order valence-electron chi connectivity index (χ1n) is 6.20. The van der Waals surface area contributed by atoms with Gasteiger partial charge in [-0.05, 0) is 49.5 Å². The van der Waals surface area contributed by atoms with Crippen LogP contribution in [0.3, 0.4) is 0 Å². The van der Waals surface area contributed by atoms with Gasteiger partial charge in [-0.2, -0.15) is 8.42 Å². The van der Waals surface area contributed by atoms with Gasteiger partial charge in [0.2, 0.25) is 0 Å². The lowest BCUT2D eigenvalue weighted by Gasteiger charge is -2.14. The molecule has 110 valence electrons. The number of hydrogen-bond acceptors (Lipinski definition) is 4. The summed E-state index contributed by atoms with van der Waals surface area (Å²) >= 11 is 0.